The highest BCUT2D eigenvalue weighted by Gasteiger charge is 2.48. The quantitative estimate of drug-likeness (QED) is 0.348. The Kier molecular flexibility index (Phi) is 5.63. The number of carbonyl (C=O) groups excluding carboxylic acids is 1. The summed E-state index contributed by atoms with van der Waals surface area (Å²) in [6.45, 7) is 7.21. The molecule has 0 radical (unpaired) electrons. The first-order valence-corrected chi connectivity index (χ1v) is 13.1. The standard InChI is InChI=1S/C28H34N8O/c1-17-10-28(11-17,26-35-32-16-36(26)4)20-9-21(15-29-14-20)33-25(37)22-8-19(13-31-27(3)6-5-7-27)24-23(34-22)18(2)12-30-24/h8-9,12,14-17,30-31H,5-7,10-11,13H2,1-4H3,(H,33,37). The lowest BCUT2D eigenvalue weighted by atomic mass is 9.59. The number of carbonyl (C=O) groups is 1. The van der Waals surface area contributed by atoms with Gasteiger partial charge in [-0.3, -0.25) is 9.78 Å². The van der Waals surface area contributed by atoms with Crippen molar-refractivity contribution in [2.24, 2.45) is 13.0 Å². The Morgan fingerprint density at radius 3 is 2.73 bits per heavy atom. The molecule has 2 aliphatic carbocycles. The number of pyridine rings is 2. The third-order valence-electron chi connectivity index (χ3n) is 8.38. The Bertz CT molecular complexity index is 1470. The average Bonchev–Trinajstić information content (AvgIpc) is 3.45. The Morgan fingerprint density at radius 1 is 1.24 bits per heavy atom. The van der Waals surface area contributed by atoms with Crippen LogP contribution in [0.1, 0.15) is 79.0 Å². The van der Waals surface area contributed by atoms with E-state index in [0.29, 0.717) is 23.8 Å². The van der Waals surface area contributed by atoms with Crippen molar-refractivity contribution in [2.75, 3.05) is 5.32 Å². The summed E-state index contributed by atoms with van der Waals surface area (Å²) >= 11 is 0. The van der Waals surface area contributed by atoms with Crippen molar-refractivity contribution < 1.29 is 4.79 Å². The molecule has 0 unspecified atom stereocenters. The van der Waals surface area contributed by atoms with Crippen LogP contribution >= 0.6 is 0 Å². The fourth-order valence-corrected chi connectivity index (χ4v) is 6.10. The molecule has 9 heteroatoms. The summed E-state index contributed by atoms with van der Waals surface area (Å²) in [6.07, 6.45) is 12.8. The summed E-state index contributed by atoms with van der Waals surface area (Å²) in [5.41, 5.74) is 5.91. The van der Waals surface area contributed by atoms with E-state index >= 15 is 0 Å². The third kappa shape index (κ3) is 4.11. The molecule has 9 nitrogen and oxygen atoms in total. The van der Waals surface area contributed by atoms with Crippen molar-refractivity contribution in [3.05, 3.63) is 65.3 Å². The second kappa shape index (κ2) is 8.76. The molecule has 192 valence electrons. The second-order valence-corrected chi connectivity index (χ2v) is 11.4. The number of nitrogens with one attached hydrogen (secondary N) is 3. The van der Waals surface area contributed by atoms with Gasteiger partial charge in [0.2, 0.25) is 0 Å². The first-order chi connectivity index (χ1) is 17.8. The zero-order valence-electron chi connectivity index (χ0n) is 21.9. The highest BCUT2D eigenvalue weighted by atomic mass is 16.1. The fourth-order valence-electron chi connectivity index (χ4n) is 6.10. The van der Waals surface area contributed by atoms with E-state index in [9.17, 15) is 4.79 Å². The van der Waals surface area contributed by atoms with Gasteiger partial charge in [-0.2, -0.15) is 0 Å². The van der Waals surface area contributed by atoms with Gasteiger partial charge in [0.25, 0.3) is 5.91 Å². The molecule has 0 aliphatic heterocycles. The van der Waals surface area contributed by atoms with Crippen LogP contribution in [-0.2, 0) is 19.0 Å². The molecule has 2 aliphatic rings. The van der Waals surface area contributed by atoms with Crippen LogP contribution in [0.25, 0.3) is 11.0 Å². The highest BCUT2D eigenvalue weighted by Crippen LogP contribution is 2.51. The van der Waals surface area contributed by atoms with Crippen molar-refractivity contribution in [1.29, 1.82) is 0 Å². The summed E-state index contributed by atoms with van der Waals surface area (Å²) in [4.78, 5) is 26.0. The van der Waals surface area contributed by atoms with Crippen molar-refractivity contribution >= 4 is 22.6 Å². The minimum atomic E-state index is -0.243. The summed E-state index contributed by atoms with van der Waals surface area (Å²) in [7, 11) is 1.97. The number of amides is 1. The van der Waals surface area contributed by atoms with E-state index in [1.54, 1.807) is 12.5 Å². The smallest absolute Gasteiger partial charge is 0.274 e. The summed E-state index contributed by atoms with van der Waals surface area (Å²) < 4.78 is 1.98. The molecule has 1 amide bonds. The molecule has 0 aromatic carbocycles. The van der Waals surface area contributed by atoms with Crippen LogP contribution in [0, 0.1) is 12.8 Å². The number of fused-ring (bicyclic) bond motifs is 1. The number of aromatic nitrogens is 6. The van der Waals surface area contributed by atoms with E-state index in [2.05, 4.69) is 44.6 Å². The molecule has 4 aromatic heterocycles. The number of nitrogens with zero attached hydrogens (tertiary/aromatic N) is 5. The highest BCUT2D eigenvalue weighted by molar-refractivity contribution is 6.04. The molecule has 6 rings (SSSR count). The molecule has 37 heavy (non-hydrogen) atoms. The second-order valence-electron chi connectivity index (χ2n) is 11.4. The molecule has 4 heterocycles. The lowest BCUT2D eigenvalue weighted by Gasteiger charge is -2.45. The molecule has 2 fully saturated rings. The van der Waals surface area contributed by atoms with Gasteiger partial charge in [0.1, 0.15) is 17.8 Å². The van der Waals surface area contributed by atoms with Gasteiger partial charge < -0.3 is 20.2 Å². The number of anilines is 1. The van der Waals surface area contributed by atoms with Crippen LogP contribution in [0.3, 0.4) is 0 Å². The number of H-pyrrole nitrogens is 1. The minimum Gasteiger partial charge on any atom is -0.359 e. The molecular formula is C28H34N8O. The molecule has 0 atom stereocenters. The molecule has 0 saturated heterocycles. The van der Waals surface area contributed by atoms with Gasteiger partial charge in [-0.25, -0.2) is 4.98 Å². The van der Waals surface area contributed by atoms with Crippen molar-refractivity contribution in [1.82, 2.24) is 35.0 Å². The van der Waals surface area contributed by atoms with Crippen LogP contribution in [-0.4, -0.2) is 41.2 Å². The number of hydrogen-bond donors (Lipinski definition) is 3. The predicted octanol–water partition coefficient (Wildman–Crippen LogP) is 4.40. The molecule has 0 spiro atoms. The molecule has 3 N–H and O–H groups in total. The Labute approximate surface area is 216 Å². The van der Waals surface area contributed by atoms with E-state index in [1.165, 1.54) is 19.3 Å². The van der Waals surface area contributed by atoms with Gasteiger partial charge in [-0.05, 0) is 80.7 Å². The predicted molar refractivity (Wildman–Crippen MR) is 142 cm³/mol. The lowest BCUT2D eigenvalue weighted by Crippen LogP contribution is -2.47. The first kappa shape index (κ1) is 23.8. The van der Waals surface area contributed by atoms with Crippen molar-refractivity contribution in [3.8, 4) is 0 Å². The fraction of sp³-hybridized carbons (Fsp3) is 0.464. The third-order valence-corrected chi connectivity index (χ3v) is 8.38. The molecular weight excluding hydrogens is 464 g/mol. The van der Waals surface area contributed by atoms with Crippen LogP contribution in [0.2, 0.25) is 0 Å². The maximum atomic E-state index is 13.4. The first-order valence-electron chi connectivity index (χ1n) is 13.1. The molecule has 2 saturated carbocycles. The molecule has 0 bridgehead atoms. The van der Waals surface area contributed by atoms with Gasteiger partial charge in [-0.1, -0.05) is 6.92 Å². The van der Waals surface area contributed by atoms with E-state index in [-0.39, 0.29) is 16.9 Å². The summed E-state index contributed by atoms with van der Waals surface area (Å²) in [5.74, 6) is 1.28. The number of hydrogen-bond acceptors (Lipinski definition) is 6. The van der Waals surface area contributed by atoms with Crippen molar-refractivity contribution in [2.45, 2.75) is 70.4 Å². The van der Waals surface area contributed by atoms with Crippen LogP contribution in [0.15, 0.2) is 37.1 Å². The van der Waals surface area contributed by atoms with E-state index in [0.717, 1.165) is 46.4 Å². The van der Waals surface area contributed by atoms with Gasteiger partial charge in [-0.15, -0.1) is 10.2 Å². The maximum absolute atomic E-state index is 13.4. The van der Waals surface area contributed by atoms with Gasteiger partial charge in [0.05, 0.1) is 28.3 Å². The zero-order chi connectivity index (χ0) is 25.8. The zero-order valence-corrected chi connectivity index (χ0v) is 21.9. The maximum Gasteiger partial charge on any atom is 0.274 e. The van der Waals surface area contributed by atoms with E-state index in [1.807, 2.05) is 43.1 Å². The summed E-state index contributed by atoms with van der Waals surface area (Å²) in [6, 6.07) is 3.92. The van der Waals surface area contributed by atoms with Crippen LogP contribution in [0.4, 0.5) is 5.69 Å². The Balaban J connectivity index is 1.28. The Morgan fingerprint density at radius 2 is 2.05 bits per heavy atom. The monoisotopic (exact) mass is 498 g/mol. The number of aromatic amines is 1. The topological polar surface area (TPSA) is 113 Å². The number of rotatable bonds is 7. The van der Waals surface area contributed by atoms with E-state index in [4.69, 9.17) is 4.98 Å². The van der Waals surface area contributed by atoms with Gasteiger partial charge >= 0.3 is 0 Å². The van der Waals surface area contributed by atoms with Crippen LogP contribution < -0.4 is 10.6 Å². The SMILES string of the molecule is Cc1c[nH]c2c(CNC3(C)CCC3)cc(C(=O)Nc3cncc(C4(c5nncn5C)CC(C)C4)c3)nc12. The number of aryl methyl sites for hydroxylation is 2. The van der Waals surface area contributed by atoms with Gasteiger partial charge in [0.15, 0.2) is 0 Å². The van der Waals surface area contributed by atoms with Crippen LogP contribution in [0.5, 0.6) is 0 Å². The molecule has 4 aromatic rings. The lowest BCUT2D eigenvalue weighted by molar-refractivity contribution is 0.102. The minimum absolute atomic E-state index is 0.170. The Hall–Kier alpha value is -3.59. The average molecular weight is 499 g/mol. The van der Waals surface area contributed by atoms with Gasteiger partial charge in [0, 0.05) is 31.5 Å². The van der Waals surface area contributed by atoms with Crippen molar-refractivity contribution in [3.63, 3.8) is 0 Å². The largest absolute Gasteiger partial charge is 0.359 e. The summed E-state index contributed by atoms with van der Waals surface area (Å²) in [5, 5.41) is 15.3. The van der Waals surface area contributed by atoms with E-state index < -0.39 is 0 Å². The normalized spacial score (nSPS) is 22.4.